The molecule has 4 fully saturated rings. The van der Waals surface area contributed by atoms with E-state index in [4.69, 9.17) is 14.2 Å². The molecule has 12 nitrogen and oxygen atoms in total. The molecule has 3 amide bonds. The standard InChI is InChI=1S/C34H46N4O8/c1-3-5-11-27(40)35-23-26(24-9-7-6-8-10-24)45-33(43)28-25-12-13-34(46-25)29(28)31(41)38(17-20-39)30(34)32(42)37(14-4-2)16-15-36-18-21-44-22-19-36/h3-4,6-10,25-26,28-30,39H,1-2,5,11-23H2,(H,35,40)/t25-,26-,28+,29+,30-,34+/m0/s1. The van der Waals surface area contributed by atoms with Crippen molar-refractivity contribution in [1.29, 1.82) is 0 Å². The van der Waals surface area contributed by atoms with Crippen LogP contribution in [-0.4, -0.2) is 127 Å². The molecule has 4 saturated heterocycles. The summed E-state index contributed by atoms with van der Waals surface area (Å²) in [6.45, 7) is 11.3. The molecule has 250 valence electrons. The van der Waals surface area contributed by atoms with Gasteiger partial charge in [0.1, 0.15) is 17.7 Å². The molecule has 1 aromatic carbocycles. The predicted molar refractivity (Wildman–Crippen MR) is 168 cm³/mol. The van der Waals surface area contributed by atoms with E-state index in [1.807, 2.05) is 30.3 Å². The number of likely N-dealkylation sites (tertiary alicyclic amines) is 1. The number of β-amino-alcohol motifs (C(OH)–C–C–N with tert-alkyl or cyclic N) is 1. The molecule has 4 aliphatic heterocycles. The van der Waals surface area contributed by atoms with E-state index in [1.54, 1.807) is 17.1 Å². The van der Waals surface area contributed by atoms with Crippen LogP contribution >= 0.6 is 0 Å². The number of morpholine rings is 1. The maximum atomic E-state index is 14.3. The van der Waals surface area contributed by atoms with E-state index >= 15 is 0 Å². The molecule has 2 N–H and O–H groups in total. The fourth-order valence-electron chi connectivity index (χ4n) is 7.40. The van der Waals surface area contributed by atoms with Gasteiger partial charge in [0.25, 0.3) is 0 Å². The second kappa shape index (κ2) is 15.3. The van der Waals surface area contributed by atoms with Crippen LogP contribution in [0.5, 0.6) is 0 Å². The minimum atomic E-state index is -1.21. The van der Waals surface area contributed by atoms with E-state index in [2.05, 4.69) is 23.4 Å². The predicted octanol–water partition coefficient (Wildman–Crippen LogP) is 1.07. The molecule has 0 aliphatic carbocycles. The molecule has 1 spiro atoms. The first-order valence-electron chi connectivity index (χ1n) is 16.3. The van der Waals surface area contributed by atoms with Crippen molar-refractivity contribution in [3.05, 3.63) is 61.2 Å². The first-order chi connectivity index (χ1) is 22.3. The summed E-state index contributed by atoms with van der Waals surface area (Å²) in [4.78, 5) is 60.1. The summed E-state index contributed by atoms with van der Waals surface area (Å²) in [5.74, 6) is -3.32. The third-order valence-electron chi connectivity index (χ3n) is 9.59. The van der Waals surface area contributed by atoms with Crippen LogP contribution in [0.15, 0.2) is 55.6 Å². The number of hydrogen-bond donors (Lipinski definition) is 2. The first kappa shape index (κ1) is 33.8. The average molecular weight is 639 g/mol. The number of nitrogens with zero attached hydrogens (tertiary/aromatic N) is 3. The maximum absolute atomic E-state index is 14.3. The lowest BCUT2D eigenvalue weighted by atomic mass is 9.70. The van der Waals surface area contributed by atoms with Gasteiger partial charge in [0.15, 0.2) is 0 Å². The number of aliphatic hydroxyl groups excluding tert-OH is 1. The van der Waals surface area contributed by atoms with Crippen molar-refractivity contribution in [2.24, 2.45) is 11.8 Å². The van der Waals surface area contributed by atoms with Gasteiger partial charge in [-0.2, -0.15) is 0 Å². The lowest BCUT2D eigenvalue weighted by Crippen LogP contribution is -2.57. The number of rotatable bonds is 16. The molecule has 46 heavy (non-hydrogen) atoms. The van der Waals surface area contributed by atoms with E-state index in [0.717, 1.165) is 13.1 Å². The van der Waals surface area contributed by atoms with Crippen LogP contribution in [0.2, 0.25) is 0 Å². The molecule has 6 atom stereocenters. The quantitative estimate of drug-likeness (QED) is 0.201. The molecule has 0 saturated carbocycles. The van der Waals surface area contributed by atoms with Gasteiger partial charge in [-0.25, -0.2) is 0 Å². The van der Waals surface area contributed by atoms with Crippen LogP contribution in [0.4, 0.5) is 0 Å². The second-order valence-electron chi connectivity index (χ2n) is 12.3. The summed E-state index contributed by atoms with van der Waals surface area (Å²) in [6.07, 6.45) is 3.66. The Morgan fingerprint density at radius 2 is 1.91 bits per heavy atom. The minimum absolute atomic E-state index is 0.0575. The summed E-state index contributed by atoms with van der Waals surface area (Å²) >= 11 is 0. The molecular weight excluding hydrogens is 592 g/mol. The molecule has 0 radical (unpaired) electrons. The fourth-order valence-corrected chi connectivity index (χ4v) is 7.40. The van der Waals surface area contributed by atoms with Crippen molar-refractivity contribution in [2.45, 2.75) is 49.5 Å². The number of benzene rings is 1. The molecule has 4 aliphatic rings. The Bertz CT molecular complexity index is 1270. The molecule has 0 unspecified atom stereocenters. The van der Waals surface area contributed by atoms with Crippen LogP contribution in [0.1, 0.15) is 37.4 Å². The van der Waals surface area contributed by atoms with Gasteiger partial charge in [-0.3, -0.25) is 24.1 Å². The first-order valence-corrected chi connectivity index (χ1v) is 16.3. The normalized spacial score (nSPS) is 27.6. The molecule has 0 aromatic heterocycles. The largest absolute Gasteiger partial charge is 0.455 e. The van der Waals surface area contributed by atoms with Crippen molar-refractivity contribution >= 4 is 23.7 Å². The highest BCUT2D eigenvalue weighted by molar-refractivity contribution is 5.98. The number of ether oxygens (including phenoxy) is 3. The Labute approximate surface area is 270 Å². The third kappa shape index (κ3) is 6.90. The lowest BCUT2D eigenvalue weighted by molar-refractivity contribution is -0.160. The number of esters is 1. The van der Waals surface area contributed by atoms with E-state index < -0.39 is 47.6 Å². The van der Waals surface area contributed by atoms with Gasteiger partial charge < -0.3 is 34.4 Å². The van der Waals surface area contributed by atoms with Gasteiger partial charge in [0.05, 0.1) is 44.3 Å². The van der Waals surface area contributed by atoms with Crippen LogP contribution in [0.25, 0.3) is 0 Å². The van der Waals surface area contributed by atoms with Gasteiger partial charge in [0.2, 0.25) is 17.7 Å². The summed E-state index contributed by atoms with van der Waals surface area (Å²) in [5, 5.41) is 12.8. The summed E-state index contributed by atoms with van der Waals surface area (Å²) in [5.41, 5.74) is -0.510. The Hall–Kier alpha value is -3.58. The summed E-state index contributed by atoms with van der Waals surface area (Å²) in [7, 11) is 0. The van der Waals surface area contributed by atoms with Gasteiger partial charge in [0, 0.05) is 45.7 Å². The zero-order valence-electron chi connectivity index (χ0n) is 26.4. The second-order valence-corrected chi connectivity index (χ2v) is 12.3. The zero-order valence-corrected chi connectivity index (χ0v) is 26.4. The summed E-state index contributed by atoms with van der Waals surface area (Å²) in [6, 6.07) is 8.13. The summed E-state index contributed by atoms with van der Waals surface area (Å²) < 4.78 is 18.0. The minimum Gasteiger partial charge on any atom is -0.455 e. The fraction of sp³-hybridized carbons (Fsp3) is 0.588. The highest BCUT2D eigenvalue weighted by Crippen LogP contribution is 2.59. The smallest absolute Gasteiger partial charge is 0.313 e. The lowest BCUT2D eigenvalue weighted by Gasteiger charge is -2.37. The third-order valence-corrected chi connectivity index (χ3v) is 9.59. The average Bonchev–Trinajstić information content (AvgIpc) is 3.72. The molecule has 1 aromatic rings. The molecule has 5 rings (SSSR count). The van der Waals surface area contributed by atoms with Gasteiger partial charge in [-0.15, -0.1) is 13.2 Å². The Morgan fingerprint density at radius 3 is 2.61 bits per heavy atom. The number of carbonyl (C=O) groups excluding carboxylic acids is 4. The number of hydrogen-bond acceptors (Lipinski definition) is 9. The van der Waals surface area contributed by atoms with Crippen molar-refractivity contribution in [2.75, 3.05) is 65.6 Å². The SMILES string of the molecule is C=CCCC(=O)NC[C@H](OC(=O)[C@@H]1[C@@H]2CC[C@]3(O2)[C@H](C(=O)N(CC=C)CCN2CCOCC2)N(CCO)C(=O)[C@@H]13)c1ccccc1. The van der Waals surface area contributed by atoms with E-state index in [0.29, 0.717) is 51.1 Å². The van der Waals surface area contributed by atoms with Crippen LogP contribution in [0, 0.1) is 11.8 Å². The van der Waals surface area contributed by atoms with E-state index in [9.17, 15) is 24.3 Å². The molecular formula is C34H46N4O8. The van der Waals surface area contributed by atoms with Gasteiger partial charge in [-0.05, 0) is 24.8 Å². The number of aliphatic hydroxyl groups is 1. The Kier molecular flexibility index (Phi) is 11.3. The Balaban J connectivity index is 1.36. The van der Waals surface area contributed by atoms with Gasteiger partial charge >= 0.3 is 5.97 Å². The Morgan fingerprint density at radius 1 is 1.15 bits per heavy atom. The number of amides is 3. The van der Waals surface area contributed by atoms with Crippen molar-refractivity contribution in [1.82, 2.24) is 20.0 Å². The molecule has 4 heterocycles. The number of nitrogens with one attached hydrogen (secondary N) is 1. The van der Waals surface area contributed by atoms with Crippen molar-refractivity contribution in [3.8, 4) is 0 Å². The highest BCUT2D eigenvalue weighted by atomic mass is 16.6. The monoisotopic (exact) mass is 638 g/mol. The maximum Gasteiger partial charge on any atom is 0.313 e. The number of fused-ring (bicyclic) bond motifs is 1. The topological polar surface area (TPSA) is 138 Å². The van der Waals surface area contributed by atoms with Crippen molar-refractivity contribution < 1.29 is 38.5 Å². The van der Waals surface area contributed by atoms with E-state index in [1.165, 1.54) is 4.90 Å². The van der Waals surface area contributed by atoms with Crippen LogP contribution in [-0.2, 0) is 33.4 Å². The zero-order chi connectivity index (χ0) is 32.7. The van der Waals surface area contributed by atoms with Crippen LogP contribution < -0.4 is 5.32 Å². The molecule has 2 bridgehead atoms. The number of carbonyl (C=O) groups is 4. The van der Waals surface area contributed by atoms with Crippen LogP contribution in [0.3, 0.4) is 0 Å². The molecule has 12 heteroatoms. The van der Waals surface area contributed by atoms with Gasteiger partial charge in [-0.1, -0.05) is 42.5 Å². The van der Waals surface area contributed by atoms with Crippen molar-refractivity contribution in [3.63, 3.8) is 0 Å². The number of allylic oxidation sites excluding steroid dienone is 1. The van der Waals surface area contributed by atoms with E-state index in [-0.39, 0.29) is 44.5 Å². The highest BCUT2D eigenvalue weighted by Gasteiger charge is 2.75.